The molecular weight excluding hydrogens is 286 g/mol. The highest BCUT2D eigenvalue weighted by Crippen LogP contribution is 2.26. The quantitative estimate of drug-likeness (QED) is 0.756. The molecule has 19 heavy (non-hydrogen) atoms. The van der Waals surface area contributed by atoms with Crippen LogP contribution in [0.1, 0.15) is 32.1 Å². The first-order chi connectivity index (χ1) is 9.05. The fourth-order valence-corrected chi connectivity index (χ4v) is 3.94. The summed E-state index contributed by atoms with van der Waals surface area (Å²) in [5, 5.41) is 4.08. The molecule has 0 aromatic carbocycles. The first-order valence-corrected chi connectivity index (χ1v) is 8.59. The van der Waals surface area contributed by atoms with Gasteiger partial charge in [0.15, 0.2) is 0 Å². The molecule has 1 heterocycles. The predicted molar refractivity (Wildman–Crippen MR) is 74.8 cm³/mol. The fourth-order valence-electron chi connectivity index (χ4n) is 2.45. The molecule has 1 aliphatic carbocycles. The van der Waals surface area contributed by atoms with Crippen LogP contribution in [0.4, 0.5) is 0 Å². The Morgan fingerprint density at radius 3 is 2.79 bits per heavy atom. The highest BCUT2D eigenvalue weighted by molar-refractivity contribution is 7.89. The van der Waals surface area contributed by atoms with E-state index in [1.54, 1.807) is 17.9 Å². The van der Waals surface area contributed by atoms with E-state index in [1.165, 1.54) is 10.5 Å². The summed E-state index contributed by atoms with van der Waals surface area (Å²) in [5.41, 5.74) is 0. The monoisotopic (exact) mass is 305 g/mol. The highest BCUT2D eigenvalue weighted by Gasteiger charge is 2.30. The molecule has 7 heteroatoms. The van der Waals surface area contributed by atoms with Crippen molar-refractivity contribution >= 4 is 21.6 Å². The molecule has 0 spiro atoms. The third-order valence-corrected chi connectivity index (χ3v) is 5.78. The summed E-state index contributed by atoms with van der Waals surface area (Å²) < 4.78 is 28.0. The lowest BCUT2D eigenvalue weighted by molar-refractivity contribution is 0.373. The molecule has 5 nitrogen and oxygen atoms in total. The molecule has 0 aliphatic heterocycles. The largest absolute Gasteiger partial charge is 0.271 e. The maximum absolute atomic E-state index is 12.5. The second kappa shape index (κ2) is 6.24. The average Bonchev–Trinajstić information content (AvgIpc) is 3.06. The Hall–Kier alpha value is -0.590. The fraction of sp³-hybridized carbons (Fsp3) is 0.750. The minimum absolute atomic E-state index is 0.135. The molecule has 108 valence electrons. The zero-order chi connectivity index (χ0) is 13.9. The third kappa shape index (κ3) is 3.30. The van der Waals surface area contributed by atoms with Gasteiger partial charge in [0.1, 0.15) is 4.90 Å². The summed E-state index contributed by atoms with van der Waals surface area (Å²) in [5.74, 6) is 0.546. The van der Waals surface area contributed by atoms with Gasteiger partial charge >= 0.3 is 0 Å². The van der Waals surface area contributed by atoms with Crippen molar-refractivity contribution < 1.29 is 8.42 Å². The van der Waals surface area contributed by atoms with Gasteiger partial charge < -0.3 is 0 Å². The van der Waals surface area contributed by atoms with Gasteiger partial charge in [-0.3, -0.25) is 4.68 Å². The lowest BCUT2D eigenvalue weighted by Gasteiger charge is -2.22. The third-order valence-electron chi connectivity index (χ3n) is 3.65. The molecule has 1 aromatic heterocycles. The van der Waals surface area contributed by atoms with Crippen LogP contribution in [-0.2, 0) is 16.6 Å². The molecule has 0 atom stereocenters. The lowest BCUT2D eigenvalue weighted by Crippen LogP contribution is -2.35. The van der Waals surface area contributed by atoms with E-state index in [4.69, 9.17) is 11.6 Å². The highest BCUT2D eigenvalue weighted by atomic mass is 35.5. The van der Waals surface area contributed by atoms with E-state index < -0.39 is 10.0 Å². The topological polar surface area (TPSA) is 55.2 Å². The molecule has 0 unspecified atom stereocenters. The van der Waals surface area contributed by atoms with Crippen LogP contribution in [0.25, 0.3) is 0 Å². The van der Waals surface area contributed by atoms with Gasteiger partial charge in [-0.15, -0.1) is 11.6 Å². The van der Waals surface area contributed by atoms with E-state index in [9.17, 15) is 8.42 Å². The number of hydrogen-bond donors (Lipinski definition) is 0. The van der Waals surface area contributed by atoms with Crippen LogP contribution < -0.4 is 0 Å². The van der Waals surface area contributed by atoms with E-state index in [2.05, 4.69) is 5.10 Å². The van der Waals surface area contributed by atoms with E-state index in [0.717, 1.165) is 32.1 Å². The molecule has 2 rings (SSSR count). The van der Waals surface area contributed by atoms with Crippen LogP contribution in [0.2, 0.25) is 0 Å². The molecule has 0 saturated heterocycles. The Morgan fingerprint density at radius 2 is 2.16 bits per heavy atom. The van der Waals surface area contributed by atoms with Gasteiger partial charge in [-0.05, 0) is 19.3 Å². The number of alkyl halides is 1. The van der Waals surface area contributed by atoms with Crippen LogP contribution in [0.15, 0.2) is 17.3 Å². The van der Waals surface area contributed by atoms with Gasteiger partial charge in [-0.25, -0.2) is 8.42 Å². The van der Waals surface area contributed by atoms with E-state index >= 15 is 0 Å². The Balaban J connectivity index is 2.12. The van der Waals surface area contributed by atoms with Crippen LogP contribution >= 0.6 is 11.6 Å². The normalized spacial score (nSPS) is 17.4. The number of hydrogen-bond acceptors (Lipinski definition) is 3. The van der Waals surface area contributed by atoms with Crippen molar-refractivity contribution in [1.29, 1.82) is 0 Å². The molecule has 1 aromatic rings. The van der Waals surface area contributed by atoms with Crippen LogP contribution in [0.3, 0.4) is 0 Å². The van der Waals surface area contributed by atoms with Crippen molar-refractivity contribution in [3.8, 4) is 0 Å². The zero-order valence-corrected chi connectivity index (χ0v) is 12.7. The minimum Gasteiger partial charge on any atom is -0.271 e. The molecule has 1 aliphatic rings. The smallest absolute Gasteiger partial charge is 0.246 e. The van der Waals surface area contributed by atoms with Gasteiger partial charge in [-0.2, -0.15) is 9.40 Å². The Morgan fingerprint density at radius 1 is 1.47 bits per heavy atom. The van der Waals surface area contributed by atoms with Gasteiger partial charge in [0.25, 0.3) is 0 Å². The average molecular weight is 306 g/mol. The van der Waals surface area contributed by atoms with E-state index in [-0.39, 0.29) is 10.9 Å². The van der Waals surface area contributed by atoms with Gasteiger partial charge in [-0.1, -0.05) is 12.8 Å². The number of rotatable bonds is 6. The van der Waals surface area contributed by atoms with Crippen molar-refractivity contribution in [2.75, 3.05) is 12.9 Å². The Labute approximate surface area is 119 Å². The van der Waals surface area contributed by atoms with Gasteiger partial charge in [0.05, 0.1) is 6.20 Å². The summed E-state index contributed by atoms with van der Waals surface area (Å²) in [6.45, 7) is 0.645. The number of aryl methyl sites for hydroxylation is 1. The number of sulfonamides is 1. The van der Waals surface area contributed by atoms with Crippen LogP contribution in [0, 0.1) is 0 Å². The van der Waals surface area contributed by atoms with Crippen molar-refractivity contribution in [1.82, 2.24) is 14.1 Å². The van der Waals surface area contributed by atoms with E-state index in [1.807, 2.05) is 0 Å². The van der Waals surface area contributed by atoms with Crippen molar-refractivity contribution in [3.05, 3.63) is 12.4 Å². The van der Waals surface area contributed by atoms with Crippen LogP contribution in [0.5, 0.6) is 0 Å². The van der Waals surface area contributed by atoms with Crippen molar-refractivity contribution in [2.24, 2.45) is 0 Å². The molecule has 1 fully saturated rings. The van der Waals surface area contributed by atoms with Crippen molar-refractivity contribution in [3.63, 3.8) is 0 Å². The Kier molecular flexibility index (Phi) is 4.86. The molecule has 0 N–H and O–H groups in total. The maximum atomic E-state index is 12.5. The summed E-state index contributed by atoms with van der Waals surface area (Å²) in [6.07, 6.45) is 7.93. The predicted octanol–water partition coefficient (Wildman–Crippen LogP) is 2.08. The summed E-state index contributed by atoms with van der Waals surface area (Å²) in [7, 11) is -1.74. The summed E-state index contributed by atoms with van der Waals surface area (Å²) >= 11 is 5.62. The SMILES string of the molecule is CN(C1CCCC1)S(=O)(=O)c1cnn(CCCCl)c1. The summed E-state index contributed by atoms with van der Waals surface area (Å²) in [4.78, 5) is 0.275. The second-order valence-corrected chi connectivity index (χ2v) is 7.32. The molecule has 1 saturated carbocycles. The number of halogens is 1. The molecule has 0 bridgehead atoms. The number of aromatic nitrogens is 2. The minimum atomic E-state index is -3.41. The van der Waals surface area contributed by atoms with Gasteiger partial charge in [0, 0.05) is 31.7 Å². The maximum Gasteiger partial charge on any atom is 0.246 e. The standard InChI is InChI=1S/C12H20ClN3O2S/c1-15(11-5-2-3-6-11)19(17,18)12-9-14-16(10-12)8-4-7-13/h9-11H,2-8H2,1H3. The second-order valence-electron chi connectivity index (χ2n) is 4.94. The molecular formula is C12H20ClN3O2S. The first-order valence-electron chi connectivity index (χ1n) is 6.62. The van der Waals surface area contributed by atoms with E-state index in [0.29, 0.717) is 12.4 Å². The lowest BCUT2D eigenvalue weighted by atomic mass is 10.3. The zero-order valence-electron chi connectivity index (χ0n) is 11.1. The number of nitrogens with zero attached hydrogens (tertiary/aromatic N) is 3. The summed E-state index contributed by atoms with van der Waals surface area (Å²) in [6, 6.07) is 0.135. The molecule has 0 radical (unpaired) electrons. The van der Waals surface area contributed by atoms with Crippen molar-refractivity contribution in [2.45, 2.75) is 49.6 Å². The van der Waals surface area contributed by atoms with Crippen LogP contribution in [-0.4, -0.2) is 41.5 Å². The first kappa shape index (κ1) is 14.8. The Bertz CT molecular complexity index is 509. The molecule has 0 amide bonds. The van der Waals surface area contributed by atoms with Gasteiger partial charge in [0.2, 0.25) is 10.0 Å².